The standard InChI is InChI=1S/C18H26N4O2.2ClH/c1-13-6-8-19-11-15(13)18(24)22-9-3-4-14(12-22)10-21-17(23)16-5-2-7-20-16;;/h6,8,11,14,16,20H,2-5,7,9-10,12H2,1H3,(H,21,23);2*1H. The number of aryl methyl sites for hydroxylation is 1. The van der Waals surface area contributed by atoms with Gasteiger partial charge in [0.25, 0.3) is 5.91 Å². The summed E-state index contributed by atoms with van der Waals surface area (Å²) in [5, 5.41) is 6.27. The number of amides is 2. The van der Waals surface area contributed by atoms with E-state index in [1.807, 2.05) is 17.9 Å². The van der Waals surface area contributed by atoms with Gasteiger partial charge < -0.3 is 15.5 Å². The molecule has 3 rings (SSSR count). The Balaban J connectivity index is 0.00000169. The second-order valence-corrected chi connectivity index (χ2v) is 6.84. The lowest BCUT2D eigenvalue weighted by Crippen LogP contribution is -2.46. The van der Waals surface area contributed by atoms with Gasteiger partial charge in [-0.05, 0) is 56.7 Å². The monoisotopic (exact) mass is 402 g/mol. The van der Waals surface area contributed by atoms with Crippen molar-refractivity contribution in [2.75, 3.05) is 26.2 Å². The summed E-state index contributed by atoms with van der Waals surface area (Å²) in [5.41, 5.74) is 1.63. The SMILES string of the molecule is Cc1ccncc1C(=O)N1CCCC(CNC(=O)C2CCCN2)C1.Cl.Cl. The highest BCUT2D eigenvalue weighted by Crippen LogP contribution is 2.19. The molecule has 6 nitrogen and oxygen atoms in total. The molecule has 2 N–H and O–H groups in total. The Labute approximate surface area is 167 Å². The Morgan fingerprint density at radius 2 is 2.12 bits per heavy atom. The lowest BCUT2D eigenvalue weighted by molar-refractivity contribution is -0.123. The fourth-order valence-corrected chi connectivity index (χ4v) is 3.55. The molecule has 0 saturated carbocycles. The highest BCUT2D eigenvalue weighted by Gasteiger charge is 2.27. The third-order valence-corrected chi connectivity index (χ3v) is 5.02. The van der Waals surface area contributed by atoms with Crippen molar-refractivity contribution in [3.8, 4) is 0 Å². The average molecular weight is 403 g/mol. The lowest BCUT2D eigenvalue weighted by Gasteiger charge is -2.33. The van der Waals surface area contributed by atoms with E-state index in [0.29, 0.717) is 24.6 Å². The van der Waals surface area contributed by atoms with Crippen molar-refractivity contribution >= 4 is 36.6 Å². The first kappa shape index (κ1) is 22.7. The average Bonchev–Trinajstić information content (AvgIpc) is 3.14. The maximum Gasteiger partial charge on any atom is 0.255 e. The van der Waals surface area contributed by atoms with Gasteiger partial charge in [-0.3, -0.25) is 14.6 Å². The van der Waals surface area contributed by atoms with Crippen LogP contribution in [0.15, 0.2) is 18.5 Å². The number of nitrogens with zero attached hydrogens (tertiary/aromatic N) is 2. The van der Waals surface area contributed by atoms with Crippen LogP contribution in [0.2, 0.25) is 0 Å². The van der Waals surface area contributed by atoms with E-state index in [2.05, 4.69) is 15.6 Å². The van der Waals surface area contributed by atoms with E-state index in [4.69, 9.17) is 0 Å². The smallest absolute Gasteiger partial charge is 0.255 e. The molecule has 2 aliphatic rings. The minimum Gasteiger partial charge on any atom is -0.354 e. The van der Waals surface area contributed by atoms with Crippen LogP contribution in [0, 0.1) is 12.8 Å². The molecule has 0 spiro atoms. The topological polar surface area (TPSA) is 74.3 Å². The van der Waals surface area contributed by atoms with Gasteiger partial charge in [0.1, 0.15) is 0 Å². The van der Waals surface area contributed by atoms with Crippen LogP contribution >= 0.6 is 24.8 Å². The summed E-state index contributed by atoms with van der Waals surface area (Å²) in [5.74, 6) is 0.471. The molecule has 2 unspecified atom stereocenters. The van der Waals surface area contributed by atoms with Gasteiger partial charge in [-0.25, -0.2) is 0 Å². The van der Waals surface area contributed by atoms with Crippen LogP contribution < -0.4 is 10.6 Å². The summed E-state index contributed by atoms with van der Waals surface area (Å²) < 4.78 is 0. The minimum atomic E-state index is -0.0376. The van der Waals surface area contributed by atoms with Crippen molar-refractivity contribution in [2.45, 2.75) is 38.6 Å². The van der Waals surface area contributed by atoms with Crippen molar-refractivity contribution in [3.63, 3.8) is 0 Å². The number of hydrogen-bond acceptors (Lipinski definition) is 4. The van der Waals surface area contributed by atoms with Crippen LogP contribution in [0.4, 0.5) is 0 Å². The number of pyridine rings is 1. The zero-order valence-electron chi connectivity index (χ0n) is 15.1. The molecule has 146 valence electrons. The van der Waals surface area contributed by atoms with Crippen molar-refractivity contribution in [1.29, 1.82) is 0 Å². The van der Waals surface area contributed by atoms with E-state index in [-0.39, 0.29) is 42.7 Å². The molecule has 2 atom stereocenters. The molecule has 0 aromatic carbocycles. The predicted octanol–water partition coefficient (Wildman–Crippen LogP) is 1.95. The molecule has 2 aliphatic heterocycles. The number of hydrogen-bond donors (Lipinski definition) is 2. The van der Waals surface area contributed by atoms with Crippen LogP contribution in [-0.4, -0.2) is 53.9 Å². The first-order valence-corrected chi connectivity index (χ1v) is 8.86. The lowest BCUT2D eigenvalue weighted by atomic mass is 9.97. The van der Waals surface area contributed by atoms with Gasteiger partial charge in [0.05, 0.1) is 11.6 Å². The van der Waals surface area contributed by atoms with Crippen LogP contribution in [0.1, 0.15) is 41.6 Å². The molecule has 2 fully saturated rings. The van der Waals surface area contributed by atoms with Crippen LogP contribution in [-0.2, 0) is 4.79 Å². The Kier molecular flexibility index (Phi) is 9.33. The Bertz CT molecular complexity index is 609. The maximum atomic E-state index is 12.7. The Hall–Kier alpha value is -1.37. The first-order valence-electron chi connectivity index (χ1n) is 8.86. The molecular formula is C18H28Cl2N4O2. The normalized spacial score (nSPS) is 22.1. The minimum absolute atomic E-state index is 0. The summed E-state index contributed by atoms with van der Waals surface area (Å²) >= 11 is 0. The van der Waals surface area contributed by atoms with Gasteiger partial charge in [0.15, 0.2) is 0 Å². The number of halogens is 2. The summed E-state index contributed by atoms with van der Waals surface area (Å²) in [4.78, 5) is 30.8. The van der Waals surface area contributed by atoms with Gasteiger partial charge >= 0.3 is 0 Å². The molecule has 3 heterocycles. The second-order valence-electron chi connectivity index (χ2n) is 6.84. The van der Waals surface area contributed by atoms with Crippen LogP contribution in [0.25, 0.3) is 0 Å². The molecule has 0 bridgehead atoms. The van der Waals surface area contributed by atoms with E-state index in [1.54, 1.807) is 12.4 Å². The van der Waals surface area contributed by atoms with Crippen molar-refractivity contribution < 1.29 is 9.59 Å². The molecule has 0 radical (unpaired) electrons. The quantitative estimate of drug-likeness (QED) is 0.806. The number of rotatable bonds is 4. The molecule has 0 aliphatic carbocycles. The molecule has 8 heteroatoms. The molecule has 26 heavy (non-hydrogen) atoms. The van der Waals surface area contributed by atoms with E-state index >= 15 is 0 Å². The van der Waals surface area contributed by atoms with Crippen LogP contribution in [0.3, 0.4) is 0 Å². The summed E-state index contributed by atoms with van der Waals surface area (Å²) in [6.07, 6.45) is 7.36. The maximum absolute atomic E-state index is 12.7. The fraction of sp³-hybridized carbons (Fsp3) is 0.611. The second kappa shape index (κ2) is 10.7. The Morgan fingerprint density at radius 1 is 1.31 bits per heavy atom. The third-order valence-electron chi connectivity index (χ3n) is 5.02. The highest BCUT2D eigenvalue weighted by atomic mass is 35.5. The van der Waals surface area contributed by atoms with E-state index < -0.39 is 0 Å². The van der Waals surface area contributed by atoms with Gasteiger partial charge in [-0.2, -0.15) is 0 Å². The van der Waals surface area contributed by atoms with Gasteiger partial charge in [0, 0.05) is 32.0 Å². The predicted molar refractivity (Wildman–Crippen MR) is 106 cm³/mol. The molecule has 1 aromatic rings. The van der Waals surface area contributed by atoms with Crippen molar-refractivity contribution in [2.24, 2.45) is 5.92 Å². The van der Waals surface area contributed by atoms with E-state index in [9.17, 15) is 9.59 Å². The third kappa shape index (κ3) is 5.56. The Morgan fingerprint density at radius 3 is 2.81 bits per heavy atom. The van der Waals surface area contributed by atoms with E-state index in [0.717, 1.165) is 44.3 Å². The van der Waals surface area contributed by atoms with Gasteiger partial charge in [-0.15, -0.1) is 24.8 Å². The number of nitrogens with one attached hydrogen (secondary N) is 2. The largest absolute Gasteiger partial charge is 0.354 e. The fourth-order valence-electron chi connectivity index (χ4n) is 3.55. The molecular weight excluding hydrogens is 375 g/mol. The van der Waals surface area contributed by atoms with Crippen molar-refractivity contribution in [3.05, 3.63) is 29.6 Å². The van der Waals surface area contributed by atoms with Gasteiger partial charge in [-0.1, -0.05) is 0 Å². The molecule has 1 aromatic heterocycles. The van der Waals surface area contributed by atoms with Gasteiger partial charge in [0.2, 0.25) is 5.91 Å². The summed E-state index contributed by atoms with van der Waals surface area (Å²) in [6.45, 7) is 4.99. The number of carbonyl (C=O) groups excluding carboxylic acids is 2. The number of aromatic nitrogens is 1. The molecule has 2 saturated heterocycles. The highest BCUT2D eigenvalue weighted by molar-refractivity contribution is 5.95. The summed E-state index contributed by atoms with van der Waals surface area (Å²) in [7, 11) is 0. The number of likely N-dealkylation sites (tertiary alicyclic amines) is 1. The zero-order valence-corrected chi connectivity index (χ0v) is 16.7. The first-order chi connectivity index (χ1) is 11.6. The number of carbonyl (C=O) groups is 2. The number of piperidine rings is 1. The van der Waals surface area contributed by atoms with E-state index in [1.165, 1.54) is 0 Å². The molecule has 2 amide bonds. The zero-order chi connectivity index (χ0) is 16.9. The van der Waals surface area contributed by atoms with Crippen molar-refractivity contribution in [1.82, 2.24) is 20.5 Å². The van der Waals surface area contributed by atoms with Crippen LogP contribution in [0.5, 0.6) is 0 Å². The summed E-state index contributed by atoms with van der Waals surface area (Å²) in [6, 6.07) is 1.83.